The molecule has 3 atom stereocenters. The number of rotatable bonds is 5. The number of piperidine rings is 1. The fraction of sp³-hybridized carbons (Fsp3) is 0.611. The predicted octanol–water partition coefficient (Wildman–Crippen LogP) is 2.80. The molecule has 1 fully saturated rings. The van der Waals surface area contributed by atoms with E-state index in [0.717, 1.165) is 37.1 Å². The third-order valence-electron chi connectivity index (χ3n) is 4.93. The first-order valence-corrected chi connectivity index (χ1v) is 8.59. The summed E-state index contributed by atoms with van der Waals surface area (Å²) in [6.07, 6.45) is -2.41. The van der Waals surface area contributed by atoms with Gasteiger partial charge in [-0.05, 0) is 50.0 Å². The summed E-state index contributed by atoms with van der Waals surface area (Å²) >= 11 is 0. The first kappa shape index (κ1) is 19.7. The van der Waals surface area contributed by atoms with Crippen molar-refractivity contribution < 1.29 is 18.0 Å². The Morgan fingerprint density at radius 2 is 2.00 bits per heavy atom. The van der Waals surface area contributed by atoms with Gasteiger partial charge in [0.25, 0.3) is 0 Å². The van der Waals surface area contributed by atoms with Gasteiger partial charge in [0.2, 0.25) is 5.91 Å². The number of nitrogens with zero attached hydrogens (tertiary/aromatic N) is 1. The molecule has 25 heavy (non-hydrogen) atoms. The van der Waals surface area contributed by atoms with Crippen LogP contribution in [-0.4, -0.2) is 37.5 Å². The Morgan fingerprint density at radius 3 is 2.56 bits per heavy atom. The molecule has 0 bridgehead atoms. The zero-order chi connectivity index (χ0) is 18.6. The summed E-state index contributed by atoms with van der Waals surface area (Å²) in [5.41, 5.74) is 5.72. The number of likely N-dealkylation sites (tertiary alicyclic amines) is 1. The Bertz CT molecular complexity index is 574. The molecule has 1 aromatic rings. The summed E-state index contributed by atoms with van der Waals surface area (Å²) in [5, 5.41) is 2.93. The predicted molar refractivity (Wildman–Crippen MR) is 90.8 cm³/mol. The quantitative estimate of drug-likeness (QED) is 0.852. The van der Waals surface area contributed by atoms with E-state index >= 15 is 0 Å². The molecular weight excluding hydrogens is 331 g/mol. The van der Waals surface area contributed by atoms with Gasteiger partial charge in [0, 0.05) is 25.0 Å². The molecule has 0 aromatic heterocycles. The maximum absolute atomic E-state index is 12.8. The molecule has 1 aromatic carbocycles. The second kappa shape index (κ2) is 8.19. The van der Waals surface area contributed by atoms with Crippen LogP contribution in [0.15, 0.2) is 24.3 Å². The Labute approximate surface area is 146 Å². The van der Waals surface area contributed by atoms with Crippen molar-refractivity contribution in [3.05, 3.63) is 35.4 Å². The highest BCUT2D eigenvalue weighted by Gasteiger charge is 2.33. The molecule has 1 saturated heterocycles. The van der Waals surface area contributed by atoms with E-state index in [9.17, 15) is 18.0 Å². The van der Waals surface area contributed by atoms with E-state index in [-0.39, 0.29) is 23.8 Å². The number of hydrogen-bond acceptors (Lipinski definition) is 3. The molecule has 0 aliphatic carbocycles. The third kappa shape index (κ3) is 4.95. The van der Waals surface area contributed by atoms with Crippen LogP contribution in [0.4, 0.5) is 13.2 Å². The van der Waals surface area contributed by atoms with Gasteiger partial charge in [-0.25, -0.2) is 0 Å². The summed E-state index contributed by atoms with van der Waals surface area (Å²) in [4.78, 5) is 14.1. The molecule has 1 heterocycles. The molecule has 0 spiro atoms. The van der Waals surface area contributed by atoms with Gasteiger partial charge in [-0.15, -0.1) is 0 Å². The number of amides is 1. The lowest BCUT2D eigenvalue weighted by atomic mass is 9.84. The summed E-state index contributed by atoms with van der Waals surface area (Å²) in [6, 6.07) is 5.34. The zero-order valence-electron chi connectivity index (χ0n) is 14.6. The minimum atomic E-state index is -4.33. The lowest BCUT2D eigenvalue weighted by Crippen LogP contribution is -2.43. The molecule has 7 heteroatoms. The van der Waals surface area contributed by atoms with Crippen LogP contribution in [0.1, 0.15) is 36.9 Å². The van der Waals surface area contributed by atoms with Crippen molar-refractivity contribution in [2.75, 3.05) is 26.7 Å². The third-order valence-corrected chi connectivity index (χ3v) is 4.93. The summed E-state index contributed by atoms with van der Waals surface area (Å²) in [7, 11) is 1.97. The minimum Gasteiger partial charge on any atom is -0.355 e. The minimum absolute atomic E-state index is 0.00971. The van der Waals surface area contributed by atoms with Crippen molar-refractivity contribution >= 4 is 5.91 Å². The van der Waals surface area contributed by atoms with Crippen molar-refractivity contribution in [2.24, 2.45) is 17.6 Å². The average molecular weight is 357 g/mol. The molecule has 2 rings (SSSR count). The van der Waals surface area contributed by atoms with Gasteiger partial charge in [-0.2, -0.15) is 13.2 Å². The number of carbonyl (C=O) groups excluding carboxylic acids is 1. The normalized spacial score (nSPS) is 23.3. The van der Waals surface area contributed by atoms with Crippen LogP contribution < -0.4 is 11.1 Å². The van der Waals surface area contributed by atoms with E-state index in [1.807, 2.05) is 7.05 Å². The fourth-order valence-corrected chi connectivity index (χ4v) is 3.38. The Kier molecular flexibility index (Phi) is 6.46. The van der Waals surface area contributed by atoms with Gasteiger partial charge < -0.3 is 11.1 Å². The second-order valence-corrected chi connectivity index (χ2v) is 6.83. The SMILES string of the molecule is CC(CN)C(=O)NCC1CCCN(C)C1c1ccc(C(F)(F)F)cc1. The van der Waals surface area contributed by atoms with E-state index in [4.69, 9.17) is 5.73 Å². The number of nitrogens with two attached hydrogens (primary N) is 1. The van der Waals surface area contributed by atoms with Gasteiger partial charge in [0.15, 0.2) is 0 Å². The van der Waals surface area contributed by atoms with E-state index in [0.29, 0.717) is 13.1 Å². The van der Waals surface area contributed by atoms with Gasteiger partial charge >= 0.3 is 6.18 Å². The first-order valence-electron chi connectivity index (χ1n) is 8.59. The molecule has 0 radical (unpaired) electrons. The zero-order valence-corrected chi connectivity index (χ0v) is 14.6. The average Bonchev–Trinajstić information content (AvgIpc) is 2.58. The number of benzene rings is 1. The van der Waals surface area contributed by atoms with E-state index in [1.54, 1.807) is 19.1 Å². The maximum atomic E-state index is 12.8. The number of nitrogens with one attached hydrogen (secondary N) is 1. The molecule has 1 aliphatic heterocycles. The second-order valence-electron chi connectivity index (χ2n) is 6.83. The van der Waals surface area contributed by atoms with Gasteiger partial charge in [-0.1, -0.05) is 19.1 Å². The Balaban J connectivity index is 2.12. The van der Waals surface area contributed by atoms with Crippen molar-refractivity contribution in [1.29, 1.82) is 0 Å². The highest BCUT2D eigenvalue weighted by atomic mass is 19.4. The molecule has 4 nitrogen and oxygen atoms in total. The smallest absolute Gasteiger partial charge is 0.355 e. The summed E-state index contributed by atoms with van der Waals surface area (Å²) < 4.78 is 38.3. The van der Waals surface area contributed by atoms with E-state index in [2.05, 4.69) is 10.2 Å². The van der Waals surface area contributed by atoms with Crippen molar-refractivity contribution in [3.63, 3.8) is 0 Å². The van der Waals surface area contributed by atoms with Crippen LogP contribution in [-0.2, 0) is 11.0 Å². The molecule has 3 unspecified atom stereocenters. The summed E-state index contributed by atoms with van der Waals surface area (Å²) in [5.74, 6) is -0.169. The van der Waals surface area contributed by atoms with Crippen LogP contribution in [0.5, 0.6) is 0 Å². The van der Waals surface area contributed by atoms with E-state index in [1.165, 1.54) is 0 Å². The lowest BCUT2D eigenvalue weighted by molar-refractivity contribution is -0.137. The Hall–Kier alpha value is -1.60. The highest BCUT2D eigenvalue weighted by Crippen LogP contribution is 2.36. The largest absolute Gasteiger partial charge is 0.416 e. The van der Waals surface area contributed by atoms with Crippen LogP contribution >= 0.6 is 0 Å². The monoisotopic (exact) mass is 357 g/mol. The molecule has 0 saturated carbocycles. The first-order chi connectivity index (χ1) is 11.7. The number of hydrogen-bond donors (Lipinski definition) is 2. The van der Waals surface area contributed by atoms with Crippen molar-refractivity contribution in [2.45, 2.75) is 32.0 Å². The number of alkyl halides is 3. The molecule has 1 aliphatic rings. The van der Waals surface area contributed by atoms with Crippen LogP contribution in [0.2, 0.25) is 0 Å². The fourth-order valence-electron chi connectivity index (χ4n) is 3.38. The molecule has 3 N–H and O–H groups in total. The van der Waals surface area contributed by atoms with Gasteiger partial charge in [0.05, 0.1) is 5.56 Å². The van der Waals surface area contributed by atoms with Gasteiger partial charge in [0.1, 0.15) is 0 Å². The van der Waals surface area contributed by atoms with Gasteiger partial charge in [-0.3, -0.25) is 9.69 Å². The maximum Gasteiger partial charge on any atom is 0.416 e. The Morgan fingerprint density at radius 1 is 1.36 bits per heavy atom. The standard InChI is InChI=1S/C18H26F3N3O/c1-12(10-22)17(25)23-11-14-4-3-9-24(2)16(14)13-5-7-15(8-6-13)18(19,20)21/h5-8,12,14,16H,3-4,9-11,22H2,1-2H3,(H,23,25). The molecule has 140 valence electrons. The van der Waals surface area contributed by atoms with Crippen molar-refractivity contribution in [3.8, 4) is 0 Å². The molecule has 1 amide bonds. The highest BCUT2D eigenvalue weighted by molar-refractivity contribution is 5.78. The number of halogens is 3. The molecular formula is C18H26F3N3O. The van der Waals surface area contributed by atoms with Crippen LogP contribution in [0, 0.1) is 11.8 Å². The van der Waals surface area contributed by atoms with Crippen LogP contribution in [0.25, 0.3) is 0 Å². The summed E-state index contributed by atoms with van der Waals surface area (Å²) in [6.45, 7) is 3.45. The van der Waals surface area contributed by atoms with Crippen molar-refractivity contribution in [1.82, 2.24) is 10.2 Å². The number of carbonyl (C=O) groups is 1. The lowest BCUT2D eigenvalue weighted by Gasteiger charge is -2.40. The topological polar surface area (TPSA) is 58.4 Å². The van der Waals surface area contributed by atoms with Crippen LogP contribution in [0.3, 0.4) is 0 Å². The van der Waals surface area contributed by atoms with E-state index < -0.39 is 11.7 Å².